The van der Waals surface area contributed by atoms with Crippen molar-refractivity contribution in [2.24, 2.45) is 0 Å². The number of hydrogen-bond donors (Lipinski definition) is 3. The minimum absolute atomic E-state index is 0.0591. The van der Waals surface area contributed by atoms with Crippen LogP contribution in [0.5, 0.6) is 0 Å². The molecule has 5 aromatic carbocycles. The molecule has 0 saturated carbocycles. The van der Waals surface area contributed by atoms with Crippen LogP contribution in [-0.4, -0.2) is 14.4 Å². The van der Waals surface area contributed by atoms with Crippen LogP contribution in [0.4, 0.5) is 10.5 Å². The Kier molecular flexibility index (Phi) is 6.67. The van der Waals surface area contributed by atoms with E-state index in [2.05, 4.69) is 39.8 Å². The van der Waals surface area contributed by atoms with Crippen LogP contribution >= 0.6 is 0 Å². The van der Waals surface area contributed by atoms with E-state index in [0.29, 0.717) is 5.69 Å². The summed E-state index contributed by atoms with van der Waals surface area (Å²) in [6, 6.07) is 36.0. The topological polar surface area (TPSA) is 87.3 Å². The Morgan fingerprint density at radius 1 is 0.700 bits per heavy atom. The van der Waals surface area contributed by atoms with Crippen LogP contribution in [0.2, 0.25) is 0 Å². The molecule has 198 valence electrons. The Labute approximate surface area is 233 Å². The van der Waals surface area contributed by atoms with Gasteiger partial charge < -0.3 is 5.32 Å². The molecule has 40 heavy (non-hydrogen) atoms. The number of anilines is 1. The Balaban J connectivity index is 1.43. The smallest absolute Gasteiger partial charge is 0.306 e. The van der Waals surface area contributed by atoms with E-state index in [4.69, 9.17) is 0 Å². The van der Waals surface area contributed by atoms with Gasteiger partial charge >= 0.3 is 6.03 Å². The first kappa shape index (κ1) is 25.6. The monoisotopic (exact) mass is 545 g/mol. The van der Waals surface area contributed by atoms with Gasteiger partial charge in [0, 0.05) is 5.56 Å². The molecule has 3 N–H and O–H groups in total. The van der Waals surface area contributed by atoms with E-state index in [1.807, 2.05) is 73.7 Å². The van der Waals surface area contributed by atoms with Gasteiger partial charge in [0.15, 0.2) is 0 Å². The van der Waals surface area contributed by atoms with Crippen molar-refractivity contribution in [1.29, 1.82) is 0 Å². The fraction of sp³-hybridized carbons (Fsp3) is 0.0606. The van der Waals surface area contributed by atoms with Crippen LogP contribution in [0.15, 0.2) is 120 Å². The maximum Gasteiger partial charge on any atom is 0.334 e. The molecule has 6 rings (SSSR count). The van der Waals surface area contributed by atoms with Crippen LogP contribution in [0, 0.1) is 6.92 Å². The number of rotatable bonds is 6. The van der Waals surface area contributed by atoms with Crippen molar-refractivity contribution in [3.63, 3.8) is 0 Å². The highest BCUT2D eigenvalue weighted by molar-refractivity contribution is 7.89. The van der Waals surface area contributed by atoms with Crippen molar-refractivity contribution in [2.45, 2.75) is 18.2 Å². The summed E-state index contributed by atoms with van der Waals surface area (Å²) in [7, 11) is -3.95. The normalized spacial score (nSPS) is 11.9. The fourth-order valence-corrected chi connectivity index (χ4v) is 6.08. The average molecular weight is 546 g/mol. The van der Waals surface area contributed by atoms with Crippen molar-refractivity contribution in [2.75, 3.05) is 5.32 Å². The van der Waals surface area contributed by atoms with Crippen molar-refractivity contribution >= 4 is 21.7 Å². The van der Waals surface area contributed by atoms with Gasteiger partial charge in [0.05, 0.1) is 10.6 Å². The molecule has 0 aromatic heterocycles. The van der Waals surface area contributed by atoms with Crippen LogP contribution in [0.1, 0.15) is 16.7 Å². The Hall–Kier alpha value is -4.72. The number of fused-ring (bicyclic) bond motifs is 3. The predicted octanol–water partition coefficient (Wildman–Crippen LogP) is 6.92. The minimum Gasteiger partial charge on any atom is -0.306 e. The summed E-state index contributed by atoms with van der Waals surface area (Å²) < 4.78 is 25.5. The lowest BCUT2D eigenvalue weighted by atomic mass is 9.86. The second-order valence-electron chi connectivity index (χ2n) is 9.76. The molecule has 1 aliphatic carbocycles. The minimum atomic E-state index is -3.95. The van der Waals surface area contributed by atoms with Gasteiger partial charge in [-0.25, -0.2) is 13.2 Å². The van der Waals surface area contributed by atoms with Crippen LogP contribution < -0.4 is 15.6 Å². The number of nitrogens with one attached hydrogen (secondary N) is 3. The summed E-state index contributed by atoms with van der Waals surface area (Å²) in [5.74, 6) is 0. The summed E-state index contributed by atoms with van der Waals surface area (Å²) in [4.78, 5) is 15.4. The molecule has 0 fully saturated rings. The molecule has 5 aromatic rings. The number of carbonyl (C=O) groups is 1. The first-order valence-corrected chi connectivity index (χ1v) is 14.4. The van der Waals surface area contributed by atoms with Crippen LogP contribution in [-0.2, 0) is 16.4 Å². The fourth-order valence-electron chi connectivity index (χ4n) is 5.25. The number of amides is 2. The van der Waals surface area contributed by atoms with Gasteiger partial charge in [-0.1, -0.05) is 103 Å². The van der Waals surface area contributed by atoms with E-state index in [-0.39, 0.29) is 4.90 Å². The number of hydrogen-bond acceptors (Lipinski definition) is 3. The molecule has 0 aliphatic heterocycles. The molecule has 0 spiro atoms. The Bertz CT molecular complexity index is 1820. The third kappa shape index (κ3) is 4.88. The number of hydrazine groups is 1. The first-order valence-electron chi connectivity index (χ1n) is 13.0. The summed E-state index contributed by atoms with van der Waals surface area (Å²) in [6.07, 6.45) is 0.776. The zero-order valence-corrected chi connectivity index (χ0v) is 22.6. The molecule has 0 radical (unpaired) electrons. The highest BCUT2D eigenvalue weighted by Gasteiger charge is 2.27. The summed E-state index contributed by atoms with van der Waals surface area (Å²) >= 11 is 0. The first-order chi connectivity index (χ1) is 19.4. The van der Waals surface area contributed by atoms with Crippen molar-refractivity contribution in [3.8, 4) is 33.4 Å². The maximum absolute atomic E-state index is 13.2. The maximum atomic E-state index is 13.2. The third-order valence-electron chi connectivity index (χ3n) is 7.11. The third-order valence-corrected chi connectivity index (χ3v) is 8.38. The van der Waals surface area contributed by atoms with Crippen LogP contribution in [0.3, 0.4) is 0 Å². The van der Waals surface area contributed by atoms with Crippen molar-refractivity contribution in [3.05, 3.63) is 132 Å². The molecule has 0 unspecified atom stereocenters. The van der Waals surface area contributed by atoms with E-state index >= 15 is 0 Å². The van der Waals surface area contributed by atoms with Crippen LogP contribution in [0.25, 0.3) is 33.4 Å². The molecular formula is C33H27N3O3S. The zero-order chi connectivity index (χ0) is 27.7. The van der Waals surface area contributed by atoms with Gasteiger partial charge in [-0.05, 0) is 70.5 Å². The highest BCUT2D eigenvalue weighted by atomic mass is 32.2. The summed E-state index contributed by atoms with van der Waals surface area (Å²) in [5.41, 5.74) is 12.3. The molecule has 1 aliphatic rings. The SMILES string of the molecule is Cc1ccc(S(=O)(=O)NNC(=O)Nc2cc3c(c(-c4ccccc4)c2-c2ccccc2)Cc2ccccc2-3)cc1. The standard InChI is InChI=1S/C33H27N3O3S/c1-22-16-18-26(19-17-22)40(38,39)36-35-33(37)34-30-21-28-27-15-9-8-14-25(27)20-29(28)31(23-10-4-2-5-11-23)32(30)24-12-6-3-7-13-24/h2-19,21,36H,20H2,1H3,(H2,34,35,37). The Morgan fingerprint density at radius 3 is 1.98 bits per heavy atom. The second-order valence-corrected chi connectivity index (χ2v) is 11.4. The van der Waals surface area contributed by atoms with E-state index in [9.17, 15) is 13.2 Å². The molecule has 0 saturated heterocycles. The van der Waals surface area contributed by atoms with E-state index in [1.54, 1.807) is 12.1 Å². The molecule has 0 heterocycles. The molecule has 0 atom stereocenters. The summed E-state index contributed by atoms with van der Waals surface area (Å²) in [6.45, 7) is 1.87. The molecule has 0 bridgehead atoms. The molecule has 2 amide bonds. The lowest BCUT2D eigenvalue weighted by Gasteiger charge is -2.21. The number of carbonyl (C=O) groups excluding carboxylic acids is 1. The number of aryl methyl sites for hydroxylation is 1. The van der Waals surface area contributed by atoms with Gasteiger partial charge in [-0.3, -0.25) is 5.43 Å². The molecular weight excluding hydrogens is 518 g/mol. The summed E-state index contributed by atoms with van der Waals surface area (Å²) in [5, 5.41) is 2.94. The lowest BCUT2D eigenvalue weighted by Crippen LogP contribution is -2.43. The van der Waals surface area contributed by atoms with Gasteiger partial charge in [0.25, 0.3) is 10.0 Å². The zero-order valence-electron chi connectivity index (χ0n) is 21.8. The van der Waals surface area contributed by atoms with Gasteiger partial charge in [0.1, 0.15) is 0 Å². The second kappa shape index (κ2) is 10.4. The van der Waals surface area contributed by atoms with Gasteiger partial charge in [-0.2, -0.15) is 0 Å². The number of benzene rings is 5. The van der Waals surface area contributed by atoms with E-state index in [1.165, 1.54) is 23.3 Å². The van der Waals surface area contributed by atoms with Gasteiger partial charge in [-0.15, -0.1) is 4.83 Å². The molecule has 7 heteroatoms. The highest BCUT2D eigenvalue weighted by Crippen LogP contribution is 2.49. The van der Waals surface area contributed by atoms with E-state index in [0.717, 1.165) is 45.4 Å². The molecule has 6 nitrogen and oxygen atoms in total. The lowest BCUT2D eigenvalue weighted by molar-refractivity contribution is 0.250. The van der Waals surface area contributed by atoms with Crippen molar-refractivity contribution < 1.29 is 13.2 Å². The average Bonchev–Trinajstić information content (AvgIpc) is 3.35. The van der Waals surface area contributed by atoms with Crippen molar-refractivity contribution in [1.82, 2.24) is 10.3 Å². The number of urea groups is 1. The number of sulfonamides is 1. The predicted molar refractivity (Wildman–Crippen MR) is 159 cm³/mol. The van der Waals surface area contributed by atoms with Gasteiger partial charge in [0.2, 0.25) is 0 Å². The quantitative estimate of drug-likeness (QED) is 0.199. The Morgan fingerprint density at radius 2 is 1.30 bits per heavy atom. The largest absolute Gasteiger partial charge is 0.334 e. The van der Waals surface area contributed by atoms with E-state index < -0.39 is 16.1 Å².